The second kappa shape index (κ2) is 20.4. The fourth-order valence-corrected chi connectivity index (χ4v) is 4.05. The van der Waals surface area contributed by atoms with Gasteiger partial charge in [0.05, 0.1) is 0 Å². The third kappa shape index (κ3) is 16.6. The molecule has 29 heavy (non-hydrogen) atoms. The molecular weight excluding hydrogens is 352 g/mol. The summed E-state index contributed by atoms with van der Waals surface area (Å²) >= 11 is 0. The predicted octanol–water partition coefficient (Wildman–Crippen LogP) is 7.93. The van der Waals surface area contributed by atoms with Gasteiger partial charge in [0.25, 0.3) is 0 Å². The van der Waals surface area contributed by atoms with E-state index in [9.17, 15) is 0 Å². The molecule has 1 aromatic carbocycles. The molecule has 0 amide bonds. The van der Waals surface area contributed by atoms with Crippen LogP contribution in [0.4, 0.5) is 0 Å². The van der Waals surface area contributed by atoms with Crippen molar-refractivity contribution >= 4 is 0 Å². The van der Waals surface area contributed by atoms with E-state index in [1.165, 1.54) is 108 Å². The number of rotatable bonds is 21. The minimum atomic E-state index is 0.162. The van der Waals surface area contributed by atoms with Crippen molar-refractivity contribution in [2.75, 3.05) is 13.1 Å². The van der Waals surface area contributed by atoms with Crippen LogP contribution in [0.3, 0.4) is 0 Å². The molecule has 0 fully saturated rings. The van der Waals surface area contributed by atoms with Gasteiger partial charge in [0.1, 0.15) is 0 Å². The molecule has 2 nitrogen and oxygen atoms in total. The molecule has 1 rings (SSSR count). The number of unbranched alkanes of at least 4 members (excludes halogenated alkanes) is 15. The third-order valence-electron chi connectivity index (χ3n) is 6.07. The summed E-state index contributed by atoms with van der Waals surface area (Å²) in [6, 6.07) is 10.6. The van der Waals surface area contributed by atoms with E-state index in [0.29, 0.717) is 0 Å². The molecule has 0 radical (unpaired) electrons. The standard InChI is InChI=1S/C27H50N2/c1-2-3-4-5-6-7-8-9-10-11-12-13-14-15-16-20-24-29-25-23-27(28)26-21-18-17-19-22-26/h17-19,21-22,27,29H,2-16,20,23-25,28H2,1H3. The lowest BCUT2D eigenvalue weighted by Crippen LogP contribution is -2.22. The van der Waals surface area contributed by atoms with Crippen LogP contribution in [0.1, 0.15) is 128 Å². The van der Waals surface area contributed by atoms with Crippen LogP contribution in [0.25, 0.3) is 0 Å². The predicted molar refractivity (Wildman–Crippen MR) is 130 cm³/mol. The number of hydrogen-bond donors (Lipinski definition) is 2. The van der Waals surface area contributed by atoms with Crippen LogP contribution >= 0.6 is 0 Å². The Labute approximate surface area is 182 Å². The maximum absolute atomic E-state index is 6.23. The Morgan fingerprint density at radius 1 is 0.621 bits per heavy atom. The van der Waals surface area contributed by atoms with Crippen molar-refractivity contribution in [1.82, 2.24) is 5.32 Å². The molecule has 0 spiro atoms. The van der Waals surface area contributed by atoms with Crippen molar-refractivity contribution in [3.05, 3.63) is 35.9 Å². The van der Waals surface area contributed by atoms with Crippen LogP contribution in [0.5, 0.6) is 0 Å². The summed E-state index contributed by atoms with van der Waals surface area (Å²) < 4.78 is 0. The summed E-state index contributed by atoms with van der Waals surface area (Å²) in [5, 5.41) is 3.56. The largest absolute Gasteiger partial charge is 0.324 e. The summed E-state index contributed by atoms with van der Waals surface area (Å²) in [5.74, 6) is 0. The van der Waals surface area contributed by atoms with Crippen molar-refractivity contribution in [1.29, 1.82) is 0 Å². The smallest absolute Gasteiger partial charge is 0.0306 e. The van der Waals surface area contributed by atoms with Crippen LogP contribution in [0.15, 0.2) is 30.3 Å². The molecule has 0 bridgehead atoms. The zero-order chi connectivity index (χ0) is 20.8. The van der Waals surface area contributed by atoms with E-state index in [1.54, 1.807) is 0 Å². The van der Waals surface area contributed by atoms with Gasteiger partial charge in [-0.15, -0.1) is 0 Å². The topological polar surface area (TPSA) is 38.0 Å². The molecule has 0 heterocycles. The first-order valence-electron chi connectivity index (χ1n) is 12.9. The van der Waals surface area contributed by atoms with Crippen molar-refractivity contribution in [2.24, 2.45) is 5.73 Å². The zero-order valence-electron chi connectivity index (χ0n) is 19.5. The van der Waals surface area contributed by atoms with E-state index in [4.69, 9.17) is 5.73 Å². The molecule has 2 heteroatoms. The van der Waals surface area contributed by atoms with Crippen molar-refractivity contribution in [2.45, 2.75) is 122 Å². The average Bonchev–Trinajstić information content (AvgIpc) is 2.75. The second-order valence-corrected chi connectivity index (χ2v) is 8.86. The van der Waals surface area contributed by atoms with Crippen LogP contribution in [0.2, 0.25) is 0 Å². The first-order valence-corrected chi connectivity index (χ1v) is 12.9. The number of nitrogens with one attached hydrogen (secondary N) is 1. The highest BCUT2D eigenvalue weighted by molar-refractivity contribution is 5.18. The Balaban J connectivity index is 1.72. The number of benzene rings is 1. The van der Waals surface area contributed by atoms with Crippen molar-refractivity contribution in [3.63, 3.8) is 0 Å². The fourth-order valence-electron chi connectivity index (χ4n) is 4.05. The van der Waals surface area contributed by atoms with Gasteiger partial charge in [-0.1, -0.05) is 134 Å². The van der Waals surface area contributed by atoms with E-state index in [2.05, 4.69) is 36.5 Å². The highest BCUT2D eigenvalue weighted by atomic mass is 14.9. The minimum absolute atomic E-state index is 0.162. The van der Waals surface area contributed by atoms with Gasteiger partial charge in [0.15, 0.2) is 0 Å². The third-order valence-corrected chi connectivity index (χ3v) is 6.07. The summed E-state index contributed by atoms with van der Waals surface area (Å²) in [5.41, 5.74) is 7.48. The molecule has 0 aliphatic rings. The monoisotopic (exact) mass is 402 g/mol. The second-order valence-electron chi connectivity index (χ2n) is 8.86. The Morgan fingerprint density at radius 3 is 1.55 bits per heavy atom. The van der Waals surface area contributed by atoms with Gasteiger partial charge in [0.2, 0.25) is 0 Å². The summed E-state index contributed by atoms with van der Waals surface area (Å²) in [4.78, 5) is 0. The van der Waals surface area contributed by atoms with Gasteiger partial charge >= 0.3 is 0 Å². The number of hydrogen-bond acceptors (Lipinski definition) is 2. The summed E-state index contributed by atoms with van der Waals surface area (Å²) in [6.45, 7) is 4.46. The van der Waals surface area contributed by atoms with E-state index < -0.39 is 0 Å². The molecule has 0 saturated carbocycles. The van der Waals surface area contributed by atoms with Gasteiger partial charge in [-0.25, -0.2) is 0 Å². The van der Waals surface area contributed by atoms with Crippen LogP contribution in [-0.4, -0.2) is 13.1 Å². The number of nitrogens with two attached hydrogens (primary N) is 1. The molecule has 0 aliphatic heterocycles. The van der Waals surface area contributed by atoms with Crippen LogP contribution in [-0.2, 0) is 0 Å². The Bertz CT molecular complexity index is 431. The molecule has 1 aromatic rings. The van der Waals surface area contributed by atoms with Gasteiger partial charge < -0.3 is 11.1 Å². The zero-order valence-corrected chi connectivity index (χ0v) is 19.5. The molecule has 1 atom stereocenters. The molecule has 168 valence electrons. The van der Waals surface area contributed by atoms with Crippen LogP contribution < -0.4 is 11.1 Å². The Morgan fingerprint density at radius 2 is 1.07 bits per heavy atom. The van der Waals surface area contributed by atoms with Gasteiger partial charge in [-0.3, -0.25) is 0 Å². The highest BCUT2D eigenvalue weighted by Gasteiger charge is 2.03. The highest BCUT2D eigenvalue weighted by Crippen LogP contribution is 2.14. The first-order chi connectivity index (χ1) is 14.3. The molecule has 0 aromatic heterocycles. The van der Waals surface area contributed by atoms with E-state index in [0.717, 1.165) is 19.5 Å². The molecule has 0 aliphatic carbocycles. The lowest BCUT2D eigenvalue weighted by Gasteiger charge is -2.12. The quantitative estimate of drug-likeness (QED) is 0.205. The van der Waals surface area contributed by atoms with Crippen molar-refractivity contribution in [3.8, 4) is 0 Å². The van der Waals surface area contributed by atoms with Gasteiger partial charge in [-0.05, 0) is 31.5 Å². The van der Waals surface area contributed by atoms with Gasteiger partial charge in [-0.2, -0.15) is 0 Å². The fraction of sp³-hybridized carbons (Fsp3) is 0.778. The normalized spacial score (nSPS) is 12.3. The molecular formula is C27H50N2. The van der Waals surface area contributed by atoms with Crippen LogP contribution in [0, 0.1) is 0 Å². The Kier molecular flexibility index (Phi) is 18.4. The van der Waals surface area contributed by atoms with E-state index >= 15 is 0 Å². The lowest BCUT2D eigenvalue weighted by molar-refractivity contribution is 0.520. The SMILES string of the molecule is CCCCCCCCCCCCCCCCCCNCCC(N)c1ccccc1. The van der Waals surface area contributed by atoms with E-state index in [1.807, 2.05) is 6.07 Å². The maximum atomic E-state index is 6.23. The Hall–Kier alpha value is -0.860. The minimum Gasteiger partial charge on any atom is -0.324 e. The first kappa shape index (κ1) is 26.2. The molecule has 0 saturated heterocycles. The summed E-state index contributed by atoms with van der Waals surface area (Å²) in [7, 11) is 0. The van der Waals surface area contributed by atoms with Gasteiger partial charge in [0, 0.05) is 6.04 Å². The average molecular weight is 403 g/mol. The molecule has 1 unspecified atom stereocenters. The molecule has 3 N–H and O–H groups in total. The summed E-state index contributed by atoms with van der Waals surface area (Å²) in [6.07, 6.45) is 23.9. The maximum Gasteiger partial charge on any atom is 0.0306 e. The van der Waals surface area contributed by atoms with E-state index in [-0.39, 0.29) is 6.04 Å². The lowest BCUT2D eigenvalue weighted by atomic mass is 10.0. The van der Waals surface area contributed by atoms with Crippen molar-refractivity contribution < 1.29 is 0 Å².